The number of nitrogens with zero attached hydrogens (tertiary/aromatic N) is 2. The molecule has 0 amide bonds. The van der Waals surface area contributed by atoms with Crippen molar-refractivity contribution in [3.63, 3.8) is 0 Å². The van der Waals surface area contributed by atoms with E-state index in [0.717, 1.165) is 4.47 Å². The molecule has 13 heavy (non-hydrogen) atoms. The molecule has 1 saturated carbocycles. The van der Waals surface area contributed by atoms with Gasteiger partial charge in [0.05, 0.1) is 16.4 Å². The molecule has 1 heterocycles. The van der Waals surface area contributed by atoms with E-state index < -0.39 is 5.67 Å². The van der Waals surface area contributed by atoms with Crippen molar-refractivity contribution < 1.29 is 4.39 Å². The van der Waals surface area contributed by atoms with Crippen LogP contribution < -0.4 is 5.73 Å². The van der Waals surface area contributed by atoms with Crippen molar-refractivity contribution in [1.82, 2.24) is 9.78 Å². The molecule has 2 N–H and O–H groups in total. The average molecular weight is 248 g/mol. The second-order valence-electron chi connectivity index (χ2n) is 3.60. The minimum atomic E-state index is -1.27. The summed E-state index contributed by atoms with van der Waals surface area (Å²) in [6.07, 6.45) is 2.40. The molecule has 0 aliphatic heterocycles. The number of hydrogen-bond acceptors (Lipinski definition) is 2. The Morgan fingerprint density at radius 1 is 1.77 bits per heavy atom. The van der Waals surface area contributed by atoms with Crippen LogP contribution >= 0.6 is 15.9 Å². The van der Waals surface area contributed by atoms with E-state index in [1.165, 1.54) is 0 Å². The molecule has 5 heteroatoms. The second kappa shape index (κ2) is 2.78. The highest BCUT2D eigenvalue weighted by Gasteiger charge is 2.47. The average Bonchev–Trinajstić information content (AvgIpc) is 2.28. The Morgan fingerprint density at radius 2 is 2.38 bits per heavy atom. The Morgan fingerprint density at radius 3 is 2.77 bits per heavy atom. The molecule has 1 aliphatic rings. The lowest BCUT2D eigenvalue weighted by Crippen LogP contribution is -2.47. The van der Waals surface area contributed by atoms with Gasteiger partial charge in [0, 0.05) is 25.9 Å². The molecule has 1 aromatic rings. The number of nitrogens with two attached hydrogens (primary N) is 1. The summed E-state index contributed by atoms with van der Waals surface area (Å²) >= 11 is 3.28. The van der Waals surface area contributed by atoms with Gasteiger partial charge in [-0.2, -0.15) is 5.10 Å². The van der Waals surface area contributed by atoms with E-state index in [9.17, 15) is 4.39 Å². The van der Waals surface area contributed by atoms with Crippen molar-refractivity contribution in [2.75, 3.05) is 0 Å². The third kappa shape index (κ3) is 1.30. The first kappa shape index (κ1) is 9.15. The summed E-state index contributed by atoms with van der Waals surface area (Å²) in [5.41, 5.74) is 4.91. The van der Waals surface area contributed by atoms with Crippen molar-refractivity contribution in [3.8, 4) is 0 Å². The Hall–Kier alpha value is -0.420. The van der Waals surface area contributed by atoms with E-state index in [1.54, 1.807) is 17.9 Å². The van der Waals surface area contributed by atoms with Crippen LogP contribution in [-0.2, 0) is 12.7 Å². The molecular formula is C8H11BrFN3. The van der Waals surface area contributed by atoms with Gasteiger partial charge in [-0.3, -0.25) is 4.68 Å². The van der Waals surface area contributed by atoms with Crippen molar-refractivity contribution in [3.05, 3.63) is 16.4 Å². The quantitative estimate of drug-likeness (QED) is 0.817. The van der Waals surface area contributed by atoms with E-state index in [0.29, 0.717) is 18.5 Å². The molecule has 0 unspecified atom stereocenters. The maximum absolute atomic E-state index is 14.1. The van der Waals surface area contributed by atoms with Gasteiger partial charge in [-0.25, -0.2) is 4.39 Å². The molecule has 0 atom stereocenters. The Kier molecular flexibility index (Phi) is 1.96. The first-order chi connectivity index (χ1) is 6.03. The minimum absolute atomic E-state index is 0.00759. The van der Waals surface area contributed by atoms with Crippen LogP contribution in [0.1, 0.15) is 18.5 Å². The maximum Gasteiger partial charge on any atom is 0.156 e. The summed E-state index contributed by atoms with van der Waals surface area (Å²) in [6, 6.07) is -0.00759. The lowest BCUT2D eigenvalue weighted by atomic mass is 9.75. The van der Waals surface area contributed by atoms with E-state index >= 15 is 0 Å². The topological polar surface area (TPSA) is 43.8 Å². The van der Waals surface area contributed by atoms with Crippen LogP contribution in [0, 0.1) is 0 Å². The first-order valence-electron chi connectivity index (χ1n) is 4.15. The van der Waals surface area contributed by atoms with Gasteiger partial charge in [-0.15, -0.1) is 0 Å². The monoisotopic (exact) mass is 247 g/mol. The predicted molar refractivity (Wildman–Crippen MR) is 50.9 cm³/mol. The fourth-order valence-electron chi connectivity index (χ4n) is 1.88. The fourth-order valence-corrected chi connectivity index (χ4v) is 2.58. The fraction of sp³-hybridized carbons (Fsp3) is 0.625. The smallest absolute Gasteiger partial charge is 0.156 e. The maximum atomic E-state index is 14.1. The summed E-state index contributed by atoms with van der Waals surface area (Å²) in [6.45, 7) is 0. The normalized spacial score (nSPS) is 33.1. The highest BCUT2D eigenvalue weighted by Crippen LogP contribution is 2.46. The largest absolute Gasteiger partial charge is 0.327 e. The van der Waals surface area contributed by atoms with Crippen LogP contribution in [-0.4, -0.2) is 15.8 Å². The summed E-state index contributed by atoms with van der Waals surface area (Å²) in [5.74, 6) is 0. The Labute approximate surface area is 84.2 Å². The van der Waals surface area contributed by atoms with Crippen LogP contribution in [0.3, 0.4) is 0 Å². The van der Waals surface area contributed by atoms with Crippen LogP contribution in [0.2, 0.25) is 0 Å². The molecule has 0 spiro atoms. The van der Waals surface area contributed by atoms with Crippen LogP contribution in [0.4, 0.5) is 4.39 Å². The number of alkyl halides is 1. The molecule has 0 bridgehead atoms. The summed E-state index contributed by atoms with van der Waals surface area (Å²) in [5, 5.41) is 3.98. The molecule has 0 aromatic carbocycles. The molecule has 1 fully saturated rings. The van der Waals surface area contributed by atoms with E-state index in [-0.39, 0.29) is 6.04 Å². The van der Waals surface area contributed by atoms with Crippen molar-refractivity contribution in [2.24, 2.45) is 12.8 Å². The lowest BCUT2D eigenvalue weighted by molar-refractivity contribution is 0.0314. The van der Waals surface area contributed by atoms with Gasteiger partial charge in [0.1, 0.15) is 0 Å². The molecule has 0 radical (unpaired) electrons. The lowest BCUT2D eigenvalue weighted by Gasteiger charge is -2.39. The second-order valence-corrected chi connectivity index (χ2v) is 4.45. The minimum Gasteiger partial charge on any atom is -0.327 e. The molecule has 1 aliphatic carbocycles. The van der Waals surface area contributed by atoms with Crippen LogP contribution in [0.5, 0.6) is 0 Å². The number of hydrogen-bond donors (Lipinski definition) is 1. The van der Waals surface area contributed by atoms with Gasteiger partial charge in [0.2, 0.25) is 0 Å². The summed E-state index contributed by atoms with van der Waals surface area (Å²) in [4.78, 5) is 0. The number of aryl methyl sites for hydroxylation is 1. The highest BCUT2D eigenvalue weighted by molar-refractivity contribution is 9.10. The molecule has 0 saturated heterocycles. The van der Waals surface area contributed by atoms with Crippen LogP contribution in [0.25, 0.3) is 0 Å². The predicted octanol–water partition coefficient (Wildman–Crippen LogP) is 1.47. The zero-order valence-corrected chi connectivity index (χ0v) is 8.88. The van der Waals surface area contributed by atoms with Gasteiger partial charge in [-0.05, 0) is 15.9 Å². The Bertz CT molecular complexity index is 311. The third-order valence-electron chi connectivity index (χ3n) is 2.49. The third-order valence-corrected chi connectivity index (χ3v) is 3.07. The molecule has 1 aromatic heterocycles. The molecule has 3 nitrogen and oxygen atoms in total. The van der Waals surface area contributed by atoms with Crippen LogP contribution in [0.15, 0.2) is 10.7 Å². The first-order valence-corrected chi connectivity index (χ1v) is 4.95. The van der Waals surface area contributed by atoms with E-state index in [1.807, 2.05) is 0 Å². The standard InChI is InChI=1S/C8H11BrFN3/c1-13-7(6(9)4-12-13)8(10)2-5(11)3-8/h4-5H,2-3,11H2,1H3. The number of aromatic nitrogens is 2. The number of halogens is 2. The van der Waals surface area contributed by atoms with E-state index in [2.05, 4.69) is 21.0 Å². The van der Waals surface area contributed by atoms with Gasteiger partial charge < -0.3 is 5.73 Å². The number of rotatable bonds is 1. The van der Waals surface area contributed by atoms with Gasteiger partial charge in [0.15, 0.2) is 5.67 Å². The SMILES string of the molecule is Cn1ncc(Br)c1C1(F)CC(N)C1. The summed E-state index contributed by atoms with van der Waals surface area (Å²) in [7, 11) is 1.74. The zero-order valence-electron chi connectivity index (χ0n) is 7.30. The summed E-state index contributed by atoms with van der Waals surface area (Å²) < 4.78 is 16.4. The molecule has 72 valence electrons. The molecule has 2 rings (SSSR count). The van der Waals surface area contributed by atoms with Crippen molar-refractivity contribution in [1.29, 1.82) is 0 Å². The highest BCUT2D eigenvalue weighted by atomic mass is 79.9. The van der Waals surface area contributed by atoms with Gasteiger partial charge >= 0.3 is 0 Å². The molecular weight excluding hydrogens is 237 g/mol. The van der Waals surface area contributed by atoms with E-state index in [4.69, 9.17) is 5.73 Å². The zero-order chi connectivity index (χ0) is 9.64. The van der Waals surface area contributed by atoms with Crippen molar-refractivity contribution in [2.45, 2.75) is 24.6 Å². The Balaban J connectivity index is 2.35. The van der Waals surface area contributed by atoms with Gasteiger partial charge in [0.25, 0.3) is 0 Å². The van der Waals surface area contributed by atoms with Crippen molar-refractivity contribution >= 4 is 15.9 Å². The van der Waals surface area contributed by atoms with Gasteiger partial charge in [-0.1, -0.05) is 0 Å².